The summed E-state index contributed by atoms with van der Waals surface area (Å²) in [5.41, 5.74) is 22.5. The SMILES string of the molecule is Brc1cccc(-c2cccc(-c3nc(-c4ccccc4)nc(-c4ccccc4)n3)c2)c1.CC1(C)OB(c2cccc(-c3cccc(-c4nc(-c5ccccc5)nc(-c5ccccc5)n4)c3)c2)OC1(C)C.c1ccc(-c2nc(-c3ccccc3)nc(-c3cccc(-c4cccc(-c5cccc(-c6cccc(-c7nc(-c8ccccc8)nc(-c8ccccc8)n7)c6)c5)c4)c3)n2)cc1. The van der Waals surface area contributed by atoms with Crippen LogP contribution < -0.4 is 5.46 Å². The van der Waals surface area contributed by atoms with Crippen molar-refractivity contribution in [2.45, 2.75) is 38.9 Å². The summed E-state index contributed by atoms with van der Waals surface area (Å²) in [6.45, 7) is 8.29. The molecule has 0 saturated carbocycles. The molecular formula is C114H84BBrN12O2. The molecule has 0 N–H and O–H groups in total. The largest absolute Gasteiger partial charge is 0.494 e. The van der Waals surface area contributed by atoms with Crippen LogP contribution in [0.25, 0.3) is 192 Å². The lowest BCUT2D eigenvalue weighted by Crippen LogP contribution is -2.41. The first kappa shape index (κ1) is 83.6. The molecule has 622 valence electrons. The number of rotatable bonds is 18. The average Bonchev–Trinajstić information content (AvgIpc) is 1.66. The zero-order chi connectivity index (χ0) is 88.2. The summed E-state index contributed by atoms with van der Waals surface area (Å²) in [6, 6.07) is 148. The van der Waals surface area contributed by atoms with Gasteiger partial charge in [0.1, 0.15) is 0 Å². The Bertz CT molecular complexity index is 6920. The summed E-state index contributed by atoms with van der Waals surface area (Å²) in [4.78, 5) is 58.6. The van der Waals surface area contributed by atoms with Crippen molar-refractivity contribution in [3.63, 3.8) is 0 Å². The second-order valence-corrected chi connectivity index (χ2v) is 33.3. The zero-order valence-electron chi connectivity index (χ0n) is 71.7. The van der Waals surface area contributed by atoms with E-state index in [0.29, 0.717) is 69.9 Å². The molecule has 0 aliphatic carbocycles. The first-order valence-electron chi connectivity index (χ1n) is 43.1. The Morgan fingerprint density at radius 3 is 0.508 bits per heavy atom. The van der Waals surface area contributed by atoms with Crippen molar-refractivity contribution in [3.8, 4) is 192 Å². The second-order valence-electron chi connectivity index (χ2n) is 32.4. The van der Waals surface area contributed by atoms with E-state index in [1.807, 2.05) is 285 Å². The van der Waals surface area contributed by atoms with Crippen molar-refractivity contribution >= 4 is 28.5 Å². The van der Waals surface area contributed by atoms with Gasteiger partial charge in [-0.2, -0.15) is 0 Å². The summed E-state index contributed by atoms with van der Waals surface area (Å²) in [5.74, 6) is 7.71. The highest BCUT2D eigenvalue weighted by Crippen LogP contribution is 2.40. The highest BCUT2D eigenvalue weighted by molar-refractivity contribution is 9.10. The second kappa shape index (κ2) is 38.1. The van der Waals surface area contributed by atoms with Gasteiger partial charge in [0, 0.05) is 71.2 Å². The van der Waals surface area contributed by atoms with Gasteiger partial charge in [0.25, 0.3) is 0 Å². The molecule has 0 spiro atoms. The van der Waals surface area contributed by atoms with Crippen LogP contribution in [0.1, 0.15) is 27.7 Å². The third kappa shape index (κ3) is 19.4. The van der Waals surface area contributed by atoms with Crippen LogP contribution in [0.4, 0.5) is 0 Å². The predicted octanol–water partition coefficient (Wildman–Crippen LogP) is 27.2. The Morgan fingerprint density at radius 1 is 0.162 bits per heavy atom. The van der Waals surface area contributed by atoms with Crippen LogP contribution in [0.2, 0.25) is 0 Å². The topological polar surface area (TPSA) is 173 Å². The summed E-state index contributed by atoms with van der Waals surface area (Å²) in [6.07, 6.45) is 0. The molecule has 1 saturated heterocycles. The van der Waals surface area contributed by atoms with E-state index >= 15 is 0 Å². The summed E-state index contributed by atoms with van der Waals surface area (Å²) < 4.78 is 13.6. The van der Waals surface area contributed by atoms with E-state index in [9.17, 15) is 0 Å². The first-order chi connectivity index (χ1) is 63.7. The van der Waals surface area contributed by atoms with Gasteiger partial charge in [-0.1, -0.05) is 404 Å². The predicted molar refractivity (Wildman–Crippen MR) is 529 cm³/mol. The van der Waals surface area contributed by atoms with Gasteiger partial charge in [-0.3, -0.25) is 0 Å². The molecule has 0 amide bonds. The Morgan fingerprint density at radius 2 is 0.308 bits per heavy atom. The Balaban J connectivity index is 0.000000135. The fourth-order valence-corrected chi connectivity index (χ4v) is 15.8. The fourth-order valence-electron chi connectivity index (χ4n) is 15.4. The standard InChI is InChI=1S/C54H36N6.C33H30BN3O2.C27H18BrN3/c1-5-17-37(18-6-1)49-55-50(38-19-7-2-8-20-38)58-53(57-49)47-31-15-29-45(35-47)43-27-13-25-41(33-43)42-26-14-28-44(34-42)46-30-16-32-48(36-46)54-59-51(39-21-9-3-10-22-39)56-52(60-54)40-23-11-4-12-24-40;1-32(2)33(3,4)39-34(38-32)28-20-12-18-26(22-28)25-17-11-19-27(21-25)31-36-29(23-13-7-5-8-14-23)35-30(37-31)24-15-9-6-10-16-24;28-24-16-8-14-22(18-24)21-13-7-15-23(17-21)27-30-25(19-9-3-1-4-10-19)29-26(31-27)20-11-5-2-6-12-20/h1-36H;5-22H,1-4H3;1-18H. The lowest BCUT2D eigenvalue weighted by atomic mass is 9.78. The van der Waals surface area contributed by atoms with Crippen LogP contribution in [-0.2, 0) is 9.31 Å². The van der Waals surface area contributed by atoms with Crippen molar-refractivity contribution < 1.29 is 9.31 Å². The number of hydrogen-bond acceptors (Lipinski definition) is 14. The molecule has 0 unspecified atom stereocenters. The molecule has 1 fully saturated rings. The highest BCUT2D eigenvalue weighted by atomic mass is 79.9. The van der Waals surface area contributed by atoms with Gasteiger partial charge in [-0.15, -0.1) is 0 Å². The van der Waals surface area contributed by atoms with E-state index in [4.69, 9.17) is 69.1 Å². The molecule has 16 heteroatoms. The molecule has 0 radical (unpaired) electrons. The monoisotopic (exact) mass is 1740 g/mol. The minimum absolute atomic E-state index is 0.390. The van der Waals surface area contributed by atoms with Gasteiger partial charge in [-0.25, -0.2) is 59.8 Å². The van der Waals surface area contributed by atoms with Gasteiger partial charge in [0.05, 0.1) is 11.2 Å². The van der Waals surface area contributed by atoms with Crippen molar-refractivity contribution in [1.82, 2.24) is 59.8 Å². The van der Waals surface area contributed by atoms with Crippen LogP contribution in [0.15, 0.2) is 441 Å². The maximum atomic E-state index is 6.30. The van der Waals surface area contributed by atoms with Crippen LogP contribution in [0.3, 0.4) is 0 Å². The van der Waals surface area contributed by atoms with Crippen molar-refractivity contribution in [2.75, 3.05) is 0 Å². The van der Waals surface area contributed by atoms with Gasteiger partial charge in [0.15, 0.2) is 69.9 Å². The minimum atomic E-state index is -0.413. The maximum Gasteiger partial charge on any atom is 0.494 e. The normalized spacial score (nSPS) is 12.4. The maximum absolute atomic E-state index is 6.30. The lowest BCUT2D eigenvalue weighted by molar-refractivity contribution is 0.00578. The summed E-state index contributed by atoms with van der Waals surface area (Å²) in [5, 5.41) is 0. The summed E-state index contributed by atoms with van der Waals surface area (Å²) in [7, 11) is -0.413. The molecule has 1 aliphatic heterocycles. The molecule has 14 nitrogen and oxygen atoms in total. The Hall–Kier alpha value is -16.0. The number of benzene rings is 16. The third-order valence-electron chi connectivity index (χ3n) is 22.9. The molecular weight excluding hydrogens is 1660 g/mol. The molecule has 1 aliphatic rings. The zero-order valence-corrected chi connectivity index (χ0v) is 73.3. The van der Waals surface area contributed by atoms with Crippen molar-refractivity contribution in [2.24, 2.45) is 0 Å². The van der Waals surface area contributed by atoms with E-state index in [2.05, 4.69) is 195 Å². The van der Waals surface area contributed by atoms with Crippen LogP contribution in [0.5, 0.6) is 0 Å². The average molecular weight is 1740 g/mol. The first-order valence-corrected chi connectivity index (χ1v) is 43.9. The lowest BCUT2D eigenvalue weighted by Gasteiger charge is -2.32. The number of hydrogen-bond donors (Lipinski definition) is 0. The van der Waals surface area contributed by atoms with Gasteiger partial charge in [0.2, 0.25) is 0 Å². The molecule has 20 aromatic rings. The summed E-state index contributed by atoms with van der Waals surface area (Å²) >= 11 is 3.56. The fraction of sp³-hybridized carbons (Fsp3) is 0.0526. The number of halogens is 1. The Labute approximate surface area is 764 Å². The molecule has 21 rings (SSSR count). The van der Waals surface area contributed by atoms with E-state index in [1.54, 1.807) is 0 Å². The highest BCUT2D eigenvalue weighted by Gasteiger charge is 2.52. The number of aromatic nitrogens is 12. The molecule has 0 bridgehead atoms. The smallest absolute Gasteiger partial charge is 0.399 e. The van der Waals surface area contributed by atoms with Crippen LogP contribution in [0, 0.1) is 0 Å². The third-order valence-corrected chi connectivity index (χ3v) is 23.4. The van der Waals surface area contributed by atoms with Crippen LogP contribution in [-0.4, -0.2) is 78.1 Å². The quantitative estimate of drug-likeness (QED) is 0.0742. The minimum Gasteiger partial charge on any atom is -0.399 e. The van der Waals surface area contributed by atoms with E-state index < -0.39 is 7.12 Å². The molecule has 16 aromatic carbocycles. The molecule has 130 heavy (non-hydrogen) atoms. The van der Waals surface area contributed by atoms with E-state index in [0.717, 1.165) is 132 Å². The molecule has 0 atom stereocenters. The van der Waals surface area contributed by atoms with E-state index in [1.165, 1.54) is 0 Å². The number of nitrogens with zero attached hydrogens (tertiary/aromatic N) is 12. The van der Waals surface area contributed by atoms with Crippen molar-refractivity contribution in [1.29, 1.82) is 0 Å². The van der Waals surface area contributed by atoms with Gasteiger partial charge >= 0.3 is 7.12 Å². The molecule has 4 aromatic heterocycles. The molecule has 5 heterocycles. The van der Waals surface area contributed by atoms with Crippen LogP contribution >= 0.6 is 15.9 Å². The Kier molecular flexibility index (Phi) is 24.5. The van der Waals surface area contributed by atoms with Gasteiger partial charge in [-0.05, 0) is 137 Å². The van der Waals surface area contributed by atoms with E-state index in [-0.39, 0.29) is 11.2 Å². The van der Waals surface area contributed by atoms with Crippen molar-refractivity contribution in [3.05, 3.63) is 441 Å². The van der Waals surface area contributed by atoms with Gasteiger partial charge < -0.3 is 9.31 Å².